The SMILES string of the molecule is CC(=O)c1cc(C)c2cccc(OC(C)C)c2n1. The van der Waals surface area contributed by atoms with Crippen LogP contribution in [0.4, 0.5) is 0 Å². The second kappa shape index (κ2) is 4.77. The molecule has 0 bridgehead atoms. The predicted octanol–water partition coefficient (Wildman–Crippen LogP) is 3.53. The highest BCUT2D eigenvalue weighted by Gasteiger charge is 2.11. The molecule has 1 heterocycles. The lowest BCUT2D eigenvalue weighted by atomic mass is 10.1. The average molecular weight is 243 g/mol. The lowest BCUT2D eigenvalue weighted by Crippen LogP contribution is -2.07. The quantitative estimate of drug-likeness (QED) is 0.774. The van der Waals surface area contributed by atoms with Crippen molar-refractivity contribution in [3.63, 3.8) is 0 Å². The van der Waals surface area contributed by atoms with E-state index in [-0.39, 0.29) is 11.9 Å². The summed E-state index contributed by atoms with van der Waals surface area (Å²) < 4.78 is 5.74. The number of benzene rings is 1. The summed E-state index contributed by atoms with van der Waals surface area (Å²) in [4.78, 5) is 15.9. The highest BCUT2D eigenvalue weighted by molar-refractivity contribution is 5.97. The molecule has 1 aromatic carbocycles. The van der Waals surface area contributed by atoms with Gasteiger partial charge in [-0.25, -0.2) is 4.98 Å². The van der Waals surface area contributed by atoms with Gasteiger partial charge in [-0.15, -0.1) is 0 Å². The second-order valence-corrected chi connectivity index (χ2v) is 4.70. The smallest absolute Gasteiger partial charge is 0.178 e. The maximum absolute atomic E-state index is 11.5. The second-order valence-electron chi connectivity index (χ2n) is 4.70. The third-order valence-corrected chi connectivity index (χ3v) is 2.73. The third kappa shape index (κ3) is 2.35. The summed E-state index contributed by atoms with van der Waals surface area (Å²) in [5.74, 6) is 0.702. The molecule has 0 radical (unpaired) electrons. The fourth-order valence-electron chi connectivity index (χ4n) is 1.92. The van der Waals surface area contributed by atoms with E-state index in [4.69, 9.17) is 4.74 Å². The van der Waals surface area contributed by atoms with E-state index in [1.807, 2.05) is 45.0 Å². The number of Topliss-reactive ketones (excluding diaryl/α,β-unsaturated/α-hetero) is 1. The number of ketones is 1. The molecule has 94 valence electrons. The van der Waals surface area contributed by atoms with Crippen molar-refractivity contribution in [3.05, 3.63) is 35.5 Å². The van der Waals surface area contributed by atoms with Gasteiger partial charge in [-0.1, -0.05) is 12.1 Å². The molecule has 18 heavy (non-hydrogen) atoms. The highest BCUT2D eigenvalue weighted by atomic mass is 16.5. The Morgan fingerprint density at radius 3 is 2.67 bits per heavy atom. The molecule has 0 amide bonds. The van der Waals surface area contributed by atoms with Crippen LogP contribution in [0.25, 0.3) is 10.9 Å². The Labute approximate surface area is 107 Å². The van der Waals surface area contributed by atoms with E-state index in [0.29, 0.717) is 5.69 Å². The van der Waals surface area contributed by atoms with Crippen LogP contribution in [-0.2, 0) is 0 Å². The Hall–Kier alpha value is -1.90. The molecule has 0 unspecified atom stereocenters. The number of ether oxygens (including phenoxy) is 1. The van der Waals surface area contributed by atoms with Crippen LogP contribution in [0, 0.1) is 6.92 Å². The number of para-hydroxylation sites is 1. The van der Waals surface area contributed by atoms with Crippen LogP contribution in [0.5, 0.6) is 5.75 Å². The molecule has 3 nitrogen and oxygen atoms in total. The number of nitrogens with zero attached hydrogens (tertiary/aromatic N) is 1. The summed E-state index contributed by atoms with van der Waals surface area (Å²) >= 11 is 0. The van der Waals surface area contributed by atoms with E-state index >= 15 is 0 Å². The lowest BCUT2D eigenvalue weighted by Gasteiger charge is -2.13. The van der Waals surface area contributed by atoms with Gasteiger partial charge in [0.2, 0.25) is 0 Å². The van der Waals surface area contributed by atoms with E-state index in [1.165, 1.54) is 6.92 Å². The summed E-state index contributed by atoms with van der Waals surface area (Å²) in [6, 6.07) is 7.65. The van der Waals surface area contributed by atoms with Crippen LogP contribution in [0.2, 0.25) is 0 Å². The minimum Gasteiger partial charge on any atom is -0.489 e. The molecule has 0 spiro atoms. The monoisotopic (exact) mass is 243 g/mol. The Morgan fingerprint density at radius 2 is 2.06 bits per heavy atom. The summed E-state index contributed by atoms with van der Waals surface area (Å²) in [7, 11) is 0. The standard InChI is InChI=1S/C15H17NO2/c1-9(2)18-14-7-5-6-12-10(3)8-13(11(4)17)16-15(12)14/h5-9H,1-4H3. The van der Waals surface area contributed by atoms with Crippen LogP contribution >= 0.6 is 0 Å². The van der Waals surface area contributed by atoms with Gasteiger partial charge in [0.1, 0.15) is 17.0 Å². The first kappa shape index (κ1) is 12.6. The molecule has 2 rings (SSSR count). The lowest BCUT2D eigenvalue weighted by molar-refractivity contribution is 0.101. The molecular weight excluding hydrogens is 226 g/mol. The Balaban J connectivity index is 2.69. The van der Waals surface area contributed by atoms with Crippen LogP contribution in [0.3, 0.4) is 0 Å². The number of pyridine rings is 1. The maximum Gasteiger partial charge on any atom is 0.178 e. The third-order valence-electron chi connectivity index (χ3n) is 2.73. The largest absolute Gasteiger partial charge is 0.489 e. The molecule has 0 aliphatic rings. The Bertz CT molecular complexity index is 603. The number of carbonyl (C=O) groups excluding carboxylic acids is 1. The predicted molar refractivity (Wildman–Crippen MR) is 72.2 cm³/mol. The molecule has 0 saturated carbocycles. The topological polar surface area (TPSA) is 39.2 Å². The molecule has 0 N–H and O–H groups in total. The van der Waals surface area contributed by atoms with Gasteiger partial charge in [0.15, 0.2) is 5.78 Å². The summed E-state index contributed by atoms with van der Waals surface area (Å²) in [6.45, 7) is 7.45. The Morgan fingerprint density at radius 1 is 1.33 bits per heavy atom. The number of rotatable bonds is 3. The minimum absolute atomic E-state index is 0.0284. The van der Waals surface area contributed by atoms with Crippen molar-refractivity contribution in [2.45, 2.75) is 33.8 Å². The average Bonchev–Trinajstić information content (AvgIpc) is 2.29. The van der Waals surface area contributed by atoms with Gasteiger partial charge in [-0.05, 0) is 38.5 Å². The molecule has 3 heteroatoms. The Kier molecular flexibility index (Phi) is 3.32. The fourth-order valence-corrected chi connectivity index (χ4v) is 1.92. The van der Waals surface area contributed by atoms with Gasteiger partial charge >= 0.3 is 0 Å². The number of hydrogen-bond donors (Lipinski definition) is 0. The molecule has 1 aromatic heterocycles. The zero-order chi connectivity index (χ0) is 13.3. The molecule has 0 aliphatic heterocycles. The van der Waals surface area contributed by atoms with Gasteiger partial charge in [0.05, 0.1) is 6.10 Å². The van der Waals surface area contributed by atoms with Crippen molar-refractivity contribution in [2.24, 2.45) is 0 Å². The van der Waals surface area contributed by atoms with Gasteiger partial charge in [-0.3, -0.25) is 4.79 Å². The molecule has 0 saturated heterocycles. The molecule has 2 aromatic rings. The van der Waals surface area contributed by atoms with Crippen molar-refractivity contribution >= 4 is 16.7 Å². The minimum atomic E-state index is -0.0284. The molecule has 0 atom stereocenters. The van der Waals surface area contributed by atoms with E-state index in [2.05, 4.69) is 4.98 Å². The van der Waals surface area contributed by atoms with Crippen LogP contribution in [0.1, 0.15) is 36.8 Å². The first-order chi connectivity index (χ1) is 8.49. The zero-order valence-corrected chi connectivity index (χ0v) is 11.2. The van der Waals surface area contributed by atoms with E-state index in [9.17, 15) is 4.79 Å². The van der Waals surface area contributed by atoms with Crippen molar-refractivity contribution in [2.75, 3.05) is 0 Å². The van der Waals surface area contributed by atoms with E-state index < -0.39 is 0 Å². The van der Waals surface area contributed by atoms with E-state index in [1.54, 1.807) is 0 Å². The normalized spacial score (nSPS) is 10.9. The molecular formula is C15H17NO2. The maximum atomic E-state index is 11.5. The van der Waals surface area contributed by atoms with Crippen molar-refractivity contribution in [1.29, 1.82) is 0 Å². The molecule has 0 aliphatic carbocycles. The van der Waals surface area contributed by atoms with Gasteiger partial charge in [0, 0.05) is 12.3 Å². The number of carbonyl (C=O) groups is 1. The highest BCUT2D eigenvalue weighted by Crippen LogP contribution is 2.27. The first-order valence-corrected chi connectivity index (χ1v) is 6.07. The van der Waals surface area contributed by atoms with Crippen LogP contribution < -0.4 is 4.74 Å². The first-order valence-electron chi connectivity index (χ1n) is 6.07. The van der Waals surface area contributed by atoms with Gasteiger partial charge < -0.3 is 4.74 Å². The van der Waals surface area contributed by atoms with E-state index in [0.717, 1.165) is 22.2 Å². The number of aryl methyl sites for hydroxylation is 1. The van der Waals surface area contributed by atoms with Gasteiger partial charge in [-0.2, -0.15) is 0 Å². The fraction of sp³-hybridized carbons (Fsp3) is 0.333. The summed E-state index contributed by atoms with van der Waals surface area (Å²) in [5, 5.41) is 1.03. The van der Waals surface area contributed by atoms with Crippen molar-refractivity contribution in [1.82, 2.24) is 4.98 Å². The molecule has 0 fully saturated rings. The number of hydrogen-bond acceptors (Lipinski definition) is 3. The van der Waals surface area contributed by atoms with Crippen molar-refractivity contribution < 1.29 is 9.53 Å². The van der Waals surface area contributed by atoms with Crippen molar-refractivity contribution in [3.8, 4) is 5.75 Å². The summed E-state index contributed by atoms with van der Waals surface area (Å²) in [5.41, 5.74) is 2.29. The zero-order valence-electron chi connectivity index (χ0n) is 11.2. The summed E-state index contributed by atoms with van der Waals surface area (Å²) in [6.07, 6.45) is 0.0821. The van der Waals surface area contributed by atoms with Gasteiger partial charge in [0.25, 0.3) is 0 Å². The number of aromatic nitrogens is 1. The number of fused-ring (bicyclic) bond motifs is 1. The van der Waals surface area contributed by atoms with Crippen LogP contribution in [0.15, 0.2) is 24.3 Å². The van der Waals surface area contributed by atoms with Crippen LogP contribution in [-0.4, -0.2) is 16.9 Å².